The van der Waals surface area contributed by atoms with Gasteiger partial charge in [-0.3, -0.25) is 0 Å². The summed E-state index contributed by atoms with van der Waals surface area (Å²) in [7, 11) is -3.34. The van der Waals surface area contributed by atoms with Gasteiger partial charge in [-0.1, -0.05) is 24.4 Å². The van der Waals surface area contributed by atoms with Crippen LogP contribution in [0, 0.1) is 0 Å². The molecule has 0 amide bonds. The minimum atomic E-state index is -3.34. The molecule has 1 aliphatic heterocycles. The van der Waals surface area contributed by atoms with Gasteiger partial charge in [0.15, 0.2) is 0 Å². The lowest BCUT2D eigenvalue weighted by molar-refractivity contribution is 0.0696. The van der Waals surface area contributed by atoms with E-state index in [4.69, 9.17) is 16.7 Å². The number of nitrogens with zero attached hydrogens (tertiary/aromatic N) is 2. The second-order valence-electron chi connectivity index (χ2n) is 6.01. The van der Waals surface area contributed by atoms with Gasteiger partial charge in [-0.15, -0.1) is 0 Å². The molecule has 0 unspecified atom stereocenters. The predicted molar refractivity (Wildman–Crippen MR) is 86.5 cm³/mol. The van der Waals surface area contributed by atoms with Crippen molar-refractivity contribution in [2.75, 3.05) is 18.0 Å². The molecule has 0 radical (unpaired) electrons. The summed E-state index contributed by atoms with van der Waals surface area (Å²) in [6, 6.07) is 1.38. The van der Waals surface area contributed by atoms with Crippen LogP contribution in [0.4, 0.5) is 5.82 Å². The van der Waals surface area contributed by atoms with Gasteiger partial charge in [-0.25, -0.2) is 22.9 Å². The van der Waals surface area contributed by atoms with Crippen molar-refractivity contribution in [3.8, 4) is 0 Å². The molecule has 0 aromatic carbocycles. The van der Waals surface area contributed by atoms with Crippen LogP contribution < -0.4 is 9.62 Å². The minimum Gasteiger partial charge on any atom is -0.478 e. The number of carbonyl (C=O) groups is 1. The van der Waals surface area contributed by atoms with Crippen LogP contribution in [0.15, 0.2) is 12.3 Å². The van der Waals surface area contributed by atoms with E-state index in [0.29, 0.717) is 18.9 Å². The summed E-state index contributed by atoms with van der Waals surface area (Å²) >= 11 is 6.05. The maximum absolute atomic E-state index is 12.3. The lowest BCUT2D eigenvalue weighted by Gasteiger charge is -2.40. The van der Waals surface area contributed by atoms with Gasteiger partial charge in [0, 0.05) is 25.3 Å². The summed E-state index contributed by atoms with van der Waals surface area (Å²) in [5, 5.41) is 8.62. The molecule has 3 rings (SSSR count). The molecule has 7 nitrogen and oxygen atoms in total. The fraction of sp³-hybridized carbons (Fsp3) is 0.571. The number of pyridine rings is 1. The zero-order valence-corrected chi connectivity index (χ0v) is 14.0. The third-order valence-electron chi connectivity index (χ3n) is 4.34. The van der Waals surface area contributed by atoms with Crippen molar-refractivity contribution < 1.29 is 18.3 Å². The molecule has 1 aromatic rings. The number of anilines is 1. The molecule has 0 atom stereocenters. The molecule has 2 N–H and O–H groups in total. The van der Waals surface area contributed by atoms with Gasteiger partial charge in [0.1, 0.15) is 11.1 Å². The number of carboxylic acid groups (broad SMARTS) is 1. The predicted octanol–water partition coefficient (Wildman–Crippen LogP) is 1.48. The molecule has 0 spiro atoms. The van der Waals surface area contributed by atoms with E-state index in [1.54, 1.807) is 4.90 Å². The van der Waals surface area contributed by atoms with E-state index in [-0.39, 0.29) is 16.6 Å². The van der Waals surface area contributed by atoms with Crippen LogP contribution in [0.1, 0.15) is 36.0 Å². The standard InChI is InChI=1S/C14H18ClN3O4S/c15-12-5-9(14(19)20)6-16-13(12)18-7-11(8-18)23(21,22)17-10-3-1-2-4-10/h5-6,10-11,17H,1-4,7-8H2,(H,19,20). The Bertz CT molecular complexity index is 713. The summed E-state index contributed by atoms with van der Waals surface area (Å²) in [5.74, 6) is -0.681. The Labute approximate surface area is 139 Å². The van der Waals surface area contributed by atoms with Crippen LogP contribution >= 0.6 is 11.6 Å². The van der Waals surface area contributed by atoms with E-state index in [2.05, 4.69) is 9.71 Å². The maximum Gasteiger partial charge on any atom is 0.337 e. The number of sulfonamides is 1. The zero-order valence-electron chi connectivity index (χ0n) is 12.4. The first kappa shape index (κ1) is 16.5. The highest BCUT2D eigenvalue weighted by Crippen LogP contribution is 2.30. The molecule has 2 heterocycles. The average Bonchev–Trinajstić information content (AvgIpc) is 2.90. The largest absolute Gasteiger partial charge is 0.478 e. The van der Waals surface area contributed by atoms with Gasteiger partial charge < -0.3 is 10.0 Å². The van der Waals surface area contributed by atoms with Gasteiger partial charge in [0.05, 0.1) is 10.6 Å². The molecular weight excluding hydrogens is 342 g/mol. The zero-order chi connectivity index (χ0) is 16.6. The van der Waals surface area contributed by atoms with Crippen molar-refractivity contribution in [2.24, 2.45) is 0 Å². The quantitative estimate of drug-likeness (QED) is 0.826. The number of rotatable bonds is 5. The molecule has 1 saturated heterocycles. The van der Waals surface area contributed by atoms with Crippen molar-refractivity contribution in [3.05, 3.63) is 22.8 Å². The summed E-state index contributed by atoms with van der Waals surface area (Å²) in [5.41, 5.74) is 0.00588. The van der Waals surface area contributed by atoms with Crippen LogP contribution in [0.5, 0.6) is 0 Å². The molecule has 126 valence electrons. The van der Waals surface area contributed by atoms with Gasteiger partial charge in [-0.2, -0.15) is 0 Å². The van der Waals surface area contributed by atoms with E-state index in [1.165, 1.54) is 12.3 Å². The number of hydrogen-bond acceptors (Lipinski definition) is 5. The van der Waals surface area contributed by atoms with Crippen molar-refractivity contribution in [1.82, 2.24) is 9.71 Å². The van der Waals surface area contributed by atoms with Crippen LogP contribution in [-0.4, -0.2) is 48.9 Å². The Kier molecular flexibility index (Phi) is 4.48. The molecule has 1 saturated carbocycles. The van der Waals surface area contributed by atoms with E-state index >= 15 is 0 Å². The molecule has 2 aliphatic rings. The second kappa shape index (κ2) is 6.26. The molecule has 0 bridgehead atoms. The first-order chi connectivity index (χ1) is 10.9. The highest BCUT2D eigenvalue weighted by atomic mass is 35.5. The van der Waals surface area contributed by atoms with Crippen molar-refractivity contribution in [3.63, 3.8) is 0 Å². The summed E-state index contributed by atoms with van der Waals surface area (Å²) in [6.07, 6.45) is 5.17. The molecular formula is C14H18ClN3O4S. The fourth-order valence-electron chi connectivity index (χ4n) is 2.96. The van der Waals surface area contributed by atoms with Gasteiger partial charge in [0.2, 0.25) is 10.0 Å². The van der Waals surface area contributed by atoms with Gasteiger partial charge >= 0.3 is 5.97 Å². The minimum absolute atomic E-state index is 0.00588. The summed E-state index contributed by atoms with van der Waals surface area (Å²) in [4.78, 5) is 16.6. The first-order valence-corrected chi connectivity index (χ1v) is 9.44. The van der Waals surface area contributed by atoms with Crippen molar-refractivity contribution in [1.29, 1.82) is 0 Å². The summed E-state index contributed by atoms with van der Waals surface area (Å²) in [6.45, 7) is 0.613. The van der Waals surface area contributed by atoms with E-state index in [9.17, 15) is 13.2 Å². The molecule has 9 heteroatoms. The lowest BCUT2D eigenvalue weighted by atomic mass is 10.2. The Balaban J connectivity index is 1.63. The molecule has 1 aliphatic carbocycles. The third-order valence-corrected chi connectivity index (χ3v) is 6.46. The monoisotopic (exact) mass is 359 g/mol. The Morgan fingerprint density at radius 3 is 2.57 bits per heavy atom. The molecule has 1 aromatic heterocycles. The van der Waals surface area contributed by atoms with E-state index in [0.717, 1.165) is 25.7 Å². The number of carboxylic acids is 1. The van der Waals surface area contributed by atoms with Gasteiger partial charge in [0.25, 0.3) is 0 Å². The van der Waals surface area contributed by atoms with Crippen LogP contribution in [-0.2, 0) is 10.0 Å². The van der Waals surface area contributed by atoms with Gasteiger partial charge in [-0.05, 0) is 18.9 Å². The van der Waals surface area contributed by atoms with Crippen LogP contribution in [0.25, 0.3) is 0 Å². The Morgan fingerprint density at radius 2 is 2.00 bits per heavy atom. The van der Waals surface area contributed by atoms with E-state index in [1.807, 2.05) is 0 Å². The van der Waals surface area contributed by atoms with E-state index < -0.39 is 21.2 Å². The number of aromatic nitrogens is 1. The number of halogens is 1. The smallest absolute Gasteiger partial charge is 0.337 e. The number of aromatic carboxylic acids is 1. The molecule has 2 fully saturated rings. The SMILES string of the molecule is O=C(O)c1cnc(N2CC(S(=O)(=O)NC3CCCC3)C2)c(Cl)c1. The third kappa shape index (κ3) is 3.44. The number of hydrogen-bond donors (Lipinski definition) is 2. The van der Waals surface area contributed by atoms with Crippen molar-refractivity contribution in [2.45, 2.75) is 37.0 Å². The second-order valence-corrected chi connectivity index (χ2v) is 8.41. The number of nitrogens with one attached hydrogen (secondary N) is 1. The Morgan fingerprint density at radius 1 is 1.35 bits per heavy atom. The highest BCUT2D eigenvalue weighted by Gasteiger charge is 2.40. The highest BCUT2D eigenvalue weighted by molar-refractivity contribution is 7.90. The average molecular weight is 360 g/mol. The van der Waals surface area contributed by atoms with Crippen LogP contribution in [0.2, 0.25) is 5.02 Å². The maximum atomic E-state index is 12.3. The molecule has 23 heavy (non-hydrogen) atoms. The van der Waals surface area contributed by atoms with Crippen molar-refractivity contribution >= 4 is 33.4 Å². The Hall–Kier alpha value is -1.38. The lowest BCUT2D eigenvalue weighted by Crippen LogP contribution is -2.59. The fourth-order valence-corrected chi connectivity index (χ4v) is 4.89. The first-order valence-electron chi connectivity index (χ1n) is 7.52. The van der Waals surface area contributed by atoms with Crippen LogP contribution in [0.3, 0.4) is 0 Å². The normalized spacial score (nSPS) is 19.8. The summed E-state index contributed by atoms with van der Waals surface area (Å²) < 4.78 is 27.4. The topological polar surface area (TPSA) is 99.6 Å².